The maximum atomic E-state index is 13.6. The molecule has 2 aromatic heterocycles. The molecule has 2 aromatic carbocycles. The third-order valence-corrected chi connectivity index (χ3v) is 7.09. The van der Waals surface area contributed by atoms with E-state index < -0.39 is 6.04 Å². The Bertz CT molecular complexity index is 1480. The predicted octanol–water partition coefficient (Wildman–Crippen LogP) is 2.10. The lowest BCUT2D eigenvalue weighted by atomic mass is 10.0. The lowest BCUT2D eigenvalue weighted by Crippen LogP contribution is -2.49. The van der Waals surface area contributed by atoms with Crippen molar-refractivity contribution < 1.29 is 18.9 Å². The van der Waals surface area contributed by atoms with Gasteiger partial charge in [0, 0.05) is 50.3 Å². The summed E-state index contributed by atoms with van der Waals surface area (Å²) in [5.41, 5.74) is 2.04. The Morgan fingerprint density at radius 1 is 0.923 bits per heavy atom. The highest BCUT2D eigenvalue weighted by atomic mass is 16.5. The molecule has 12 heteroatoms. The van der Waals surface area contributed by atoms with E-state index in [0.717, 1.165) is 29.9 Å². The van der Waals surface area contributed by atoms with Gasteiger partial charge in [-0.3, -0.25) is 9.69 Å². The van der Waals surface area contributed by atoms with Crippen LogP contribution < -0.4 is 24.7 Å². The Labute approximate surface area is 226 Å². The Morgan fingerprint density at radius 2 is 1.64 bits per heavy atom. The van der Waals surface area contributed by atoms with Gasteiger partial charge in [0.15, 0.2) is 17.3 Å². The van der Waals surface area contributed by atoms with E-state index in [2.05, 4.69) is 36.4 Å². The van der Waals surface area contributed by atoms with Crippen LogP contribution in [-0.2, 0) is 11.3 Å². The van der Waals surface area contributed by atoms with Crippen molar-refractivity contribution in [2.45, 2.75) is 12.6 Å². The van der Waals surface area contributed by atoms with Crippen LogP contribution in [0.5, 0.6) is 17.2 Å². The smallest absolute Gasteiger partial charge is 0.253 e. The van der Waals surface area contributed by atoms with Crippen molar-refractivity contribution in [1.82, 2.24) is 30.1 Å². The van der Waals surface area contributed by atoms with Crippen LogP contribution in [0.25, 0.3) is 10.9 Å². The highest BCUT2D eigenvalue weighted by Crippen LogP contribution is 2.34. The Morgan fingerprint density at radius 3 is 2.36 bits per heavy atom. The largest absolute Gasteiger partial charge is 0.495 e. The molecule has 0 aliphatic carbocycles. The summed E-state index contributed by atoms with van der Waals surface area (Å²) in [5.74, 6) is 2.54. The van der Waals surface area contributed by atoms with Gasteiger partial charge in [-0.15, -0.1) is 5.10 Å². The number of tetrazole rings is 1. The zero-order chi connectivity index (χ0) is 27.4. The molecule has 0 saturated carbocycles. The number of aromatic nitrogens is 5. The molecule has 3 heterocycles. The number of ether oxygens (including phenoxy) is 4. The average Bonchev–Trinajstić information content (AvgIpc) is 3.44. The monoisotopic (exact) mass is 535 g/mol. The maximum absolute atomic E-state index is 13.6. The molecular formula is C27H33N7O5. The molecule has 1 atom stereocenters. The van der Waals surface area contributed by atoms with E-state index in [-0.39, 0.29) is 5.56 Å². The summed E-state index contributed by atoms with van der Waals surface area (Å²) in [6, 6.07) is 13.0. The number of nitrogens with one attached hydrogen (secondary N) is 1. The molecule has 5 rings (SSSR count). The number of anilines is 1. The number of nitrogens with zero attached hydrogens (tertiary/aromatic N) is 6. The average molecular weight is 536 g/mol. The van der Waals surface area contributed by atoms with Crippen LogP contribution >= 0.6 is 0 Å². The number of H-pyrrole nitrogens is 1. The van der Waals surface area contributed by atoms with Crippen LogP contribution in [0.3, 0.4) is 0 Å². The number of aromatic amines is 1. The summed E-state index contributed by atoms with van der Waals surface area (Å²) in [4.78, 5) is 21.2. The molecule has 1 aliphatic rings. The lowest BCUT2D eigenvalue weighted by molar-refractivity contribution is 0.171. The van der Waals surface area contributed by atoms with Crippen LogP contribution in [0.15, 0.2) is 47.3 Å². The lowest BCUT2D eigenvalue weighted by Gasteiger charge is -2.40. The molecule has 1 fully saturated rings. The van der Waals surface area contributed by atoms with Crippen molar-refractivity contribution in [1.29, 1.82) is 0 Å². The minimum Gasteiger partial charge on any atom is -0.495 e. The molecule has 0 spiro atoms. The van der Waals surface area contributed by atoms with Crippen molar-refractivity contribution in [2.75, 3.05) is 66.1 Å². The standard InChI is InChI=1S/C27H33N7O5/c1-36-14-13-34-26(29-30-31-34)25(33-11-9-32(10-12-33)21-7-5-6-8-22(21)37-2)19-15-18-16-23(38-3)24(39-4)17-20(18)28-27(19)35/h5-8,15-17,25H,9-14H2,1-4H3,(H,28,35)/t25-/m0/s1. The number of hydrogen-bond acceptors (Lipinski definition) is 10. The normalized spacial score (nSPS) is 14.9. The summed E-state index contributed by atoms with van der Waals surface area (Å²) in [6.45, 7) is 3.76. The first-order chi connectivity index (χ1) is 19.1. The molecule has 1 N–H and O–H groups in total. The summed E-state index contributed by atoms with van der Waals surface area (Å²) < 4.78 is 23.5. The van der Waals surface area contributed by atoms with Gasteiger partial charge in [-0.05, 0) is 34.7 Å². The van der Waals surface area contributed by atoms with Crippen molar-refractivity contribution >= 4 is 16.6 Å². The zero-order valence-corrected chi connectivity index (χ0v) is 22.6. The van der Waals surface area contributed by atoms with Crippen molar-refractivity contribution in [2.24, 2.45) is 0 Å². The van der Waals surface area contributed by atoms with E-state index in [4.69, 9.17) is 18.9 Å². The van der Waals surface area contributed by atoms with E-state index in [9.17, 15) is 4.79 Å². The van der Waals surface area contributed by atoms with Gasteiger partial charge < -0.3 is 28.8 Å². The summed E-state index contributed by atoms with van der Waals surface area (Å²) in [6.07, 6.45) is 0. The highest BCUT2D eigenvalue weighted by molar-refractivity contribution is 5.83. The molecule has 206 valence electrons. The molecule has 0 amide bonds. The van der Waals surface area contributed by atoms with Gasteiger partial charge >= 0.3 is 0 Å². The number of rotatable bonds is 10. The second-order valence-corrected chi connectivity index (χ2v) is 9.20. The summed E-state index contributed by atoms with van der Waals surface area (Å²) in [5, 5.41) is 13.3. The van der Waals surface area contributed by atoms with Gasteiger partial charge in [0.2, 0.25) is 0 Å². The predicted molar refractivity (Wildman–Crippen MR) is 146 cm³/mol. The molecule has 0 unspecified atom stereocenters. The number of methoxy groups -OCH3 is 4. The third-order valence-electron chi connectivity index (χ3n) is 7.09. The quantitative estimate of drug-likeness (QED) is 0.323. The second-order valence-electron chi connectivity index (χ2n) is 9.20. The first kappa shape index (κ1) is 26.4. The SMILES string of the molecule is COCCn1nnnc1[C@H](c1cc2cc(OC)c(OC)cc2[nH]c1=O)N1CCN(c2ccccc2OC)CC1. The molecule has 4 aromatic rings. The van der Waals surface area contributed by atoms with Gasteiger partial charge in [0.1, 0.15) is 11.8 Å². The summed E-state index contributed by atoms with van der Waals surface area (Å²) in [7, 11) is 6.47. The van der Waals surface area contributed by atoms with E-state index in [1.54, 1.807) is 39.2 Å². The zero-order valence-electron chi connectivity index (χ0n) is 22.6. The molecule has 12 nitrogen and oxygen atoms in total. The van der Waals surface area contributed by atoms with Gasteiger partial charge in [-0.2, -0.15) is 0 Å². The molecule has 1 aliphatic heterocycles. The summed E-state index contributed by atoms with van der Waals surface area (Å²) >= 11 is 0. The van der Waals surface area contributed by atoms with Gasteiger partial charge in [0.25, 0.3) is 5.56 Å². The molecule has 1 saturated heterocycles. The maximum Gasteiger partial charge on any atom is 0.253 e. The van der Waals surface area contributed by atoms with E-state index in [1.165, 1.54) is 0 Å². The molecule has 0 bridgehead atoms. The van der Waals surface area contributed by atoms with Gasteiger partial charge in [-0.1, -0.05) is 12.1 Å². The number of piperazine rings is 1. The Hall–Kier alpha value is -4.16. The number of fused-ring (bicyclic) bond motifs is 1. The van der Waals surface area contributed by atoms with Crippen molar-refractivity contribution in [3.05, 3.63) is 64.2 Å². The van der Waals surface area contributed by atoms with Crippen LogP contribution in [0.4, 0.5) is 5.69 Å². The first-order valence-corrected chi connectivity index (χ1v) is 12.7. The number of para-hydroxylation sites is 2. The molecular weight excluding hydrogens is 502 g/mol. The van der Waals surface area contributed by atoms with E-state index >= 15 is 0 Å². The van der Waals surface area contributed by atoms with Gasteiger partial charge in [0.05, 0.1) is 45.7 Å². The fraction of sp³-hybridized carbons (Fsp3) is 0.407. The van der Waals surface area contributed by atoms with Crippen LogP contribution in [-0.4, -0.2) is 91.3 Å². The molecule has 0 radical (unpaired) electrons. The fourth-order valence-electron chi connectivity index (χ4n) is 5.11. The van der Waals surface area contributed by atoms with Crippen molar-refractivity contribution in [3.8, 4) is 17.2 Å². The van der Waals surface area contributed by atoms with Crippen LogP contribution in [0.2, 0.25) is 0 Å². The van der Waals surface area contributed by atoms with Gasteiger partial charge in [-0.25, -0.2) is 4.68 Å². The first-order valence-electron chi connectivity index (χ1n) is 12.7. The highest BCUT2D eigenvalue weighted by Gasteiger charge is 2.33. The third kappa shape index (κ3) is 5.25. The van der Waals surface area contributed by atoms with E-state index in [0.29, 0.717) is 54.6 Å². The minimum atomic E-state index is -0.474. The van der Waals surface area contributed by atoms with Crippen LogP contribution in [0.1, 0.15) is 17.4 Å². The number of benzene rings is 2. The topological polar surface area (TPSA) is 120 Å². The fourth-order valence-corrected chi connectivity index (χ4v) is 5.11. The molecule has 39 heavy (non-hydrogen) atoms. The number of hydrogen-bond donors (Lipinski definition) is 1. The van der Waals surface area contributed by atoms with E-state index in [1.807, 2.05) is 30.3 Å². The Kier molecular flexibility index (Phi) is 7.94. The van der Waals surface area contributed by atoms with Crippen LogP contribution in [0, 0.1) is 0 Å². The van der Waals surface area contributed by atoms with Crippen molar-refractivity contribution in [3.63, 3.8) is 0 Å². The Balaban J connectivity index is 1.54. The number of pyridine rings is 1. The second kappa shape index (κ2) is 11.7. The minimum absolute atomic E-state index is 0.215.